The Balaban J connectivity index is 1.62. The third-order valence-electron chi connectivity index (χ3n) is 5.73. The predicted octanol–water partition coefficient (Wildman–Crippen LogP) is 5.14. The summed E-state index contributed by atoms with van der Waals surface area (Å²) in [5.41, 5.74) is 3.39. The van der Waals surface area contributed by atoms with Crippen molar-refractivity contribution < 1.29 is 23.7 Å². The van der Waals surface area contributed by atoms with Gasteiger partial charge in [-0.15, -0.1) is 11.3 Å². The van der Waals surface area contributed by atoms with E-state index in [0.717, 1.165) is 35.4 Å². The first kappa shape index (κ1) is 22.8. The molecule has 3 aromatic rings. The fourth-order valence-corrected chi connectivity index (χ4v) is 5.46. The van der Waals surface area contributed by atoms with E-state index in [2.05, 4.69) is 10.6 Å². The lowest BCUT2D eigenvalue weighted by Gasteiger charge is -2.17. The van der Waals surface area contributed by atoms with Crippen molar-refractivity contribution in [3.8, 4) is 23.0 Å². The summed E-state index contributed by atoms with van der Waals surface area (Å²) in [4.78, 5) is 14.6. The molecule has 4 rings (SSSR count). The van der Waals surface area contributed by atoms with Crippen LogP contribution < -0.4 is 29.6 Å². The lowest BCUT2D eigenvalue weighted by Crippen LogP contribution is -2.16. The summed E-state index contributed by atoms with van der Waals surface area (Å²) in [6.45, 7) is 0.470. The second-order valence-electron chi connectivity index (χ2n) is 7.56. The number of carbonyl (C=O) groups excluding carboxylic acids is 1. The Morgan fingerprint density at radius 1 is 0.909 bits per heavy atom. The van der Waals surface area contributed by atoms with Crippen LogP contribution >= 0.6 is 11.3 Å². The monoisotopic (exact) mass is 468 g/mol. The number of ether oxygens (including phenoxy) is 4. The summed E-state index contributed by atoms with van der Waals surface area (Å²) in [5.74, 6) is 2.24. The molecule has 8 heteroatoms. The lowest BCUT2D eigenvalue weighted by molar-refractivity contribution is 0.102. The standard InChI is InChI=1S/C25H28N2O5S/c1-29-18-10-6-5-9-17(18)27-24(28)21-16-8-7-11-20(16)33-25(21)26-14-15-12-13-19(30-2)23(32-4)22(15)31-3/h5-6,9-10,12-13,26H,7-8,11,14H2,1-4H3,(H,27,28). The van der Waals surface area contributed by atoms with Crippen LogP contribution in [0.5, 0.6) is 23.0 Å². The highest BCUT2D eigenvalue weighted by Crippen LogP contribution is 2.42. The molecule has 33 heavy (non-hydrogen) atoms. The molecule has 0 saturated carbocycles. The van der Waals surface area contributed by atoms with Gasteiger partial charge in [-0.2, -0.15) is 0 Å². The van der Waals surface area contributed by atoms with Gasteiger partial charge >= 0.3 is 0 Å². The van der Waals surface area contributed by atoms with E-state index < -0.39 is 0 Å². The number of carbonyl (C=O) groups is 1. The molecule has 0 unspecified atom stereocenters. The summed E-state index contributed by atoms with van der Waals surface area (Å²) in [5, 5.41) is 7.35. The van der Waals surface area contributed by atoms with Gasteiger partial charge < -0.3 is 29.6 Å². The van der Waals surface area contributed by atoms with Gasteiger partial charge in [0.25, 0.3) is 5.91 Å². The Kier molecular flexibility index (Phi) is 6.93. The number of amides is 1. The number of fused-ring (bicyclic) bond motifs is 1. The molecule has 2 N–H and O–H groups in total. The molecule has 0 radical (unpaired) electrons. The Hall–Kier alpha value is -3.39. The predicted molar refractivity (Wildman–Crippen MR) is 131 cm³/mol. The van der Waals surface area contributed by atoms with Crippen molar-refractivity contribution in [3.05, 3.63) is 58.0 Å². The molecule has 0 spiro atoms. The summed E-state index contributed by atoms with van der Waals surface area (Å²) in [6.07, 6.45) is 2.97. The Labute approximate surface area is 197 Å². The molecule has 0 bridgehead atoms. The molecule has 1 amide bonds. The SMILES string of the molecule is COc1ccccc1NC(=O)c1c(NCc2ccc(OC)c(OC)c2OC)sc2c1CCC2. The van der Waals surface area contributed by atoms with Gasteiger partial charge in [0.15, 0.2) is 11.5 Å². The number of rotatable bonds is 9. The van der Waals surface area contributed by atoms with E-state index in [1.54, 1.807) is 39.8 Å². The van der Waals surface area contributed by atoms with E-state index in [1.165, 1.54) is 4.88 Å². The summed E-state index contributed by atoms with van der Waals surface area (Å²) >= 11 is 1.65. The molecular formula is C25H28N2O5S. The van der Waals surface area contributed by atoms with Crippen molar-refractivity contribution in [1.82, 2.24) is 0 Å². The summed E-state index contributed by atoms with van der Waals surface area (Å²) in [6, 6.07) is 11.2. The molecule has 1 heterocycles. The first-order chi connectivity index (χ1) is 16.1. The van der Waals surface area contributed by atoms with Crippen LogP contribution in [0, 0.1) is 0 Å². The lowest BCUT2D eigenvalue weighted by atomic mass is 10.1. The van der Waals surface area contributed by atoms with E-state index in [0.29, 0.717) is 40.8 Å². The van der Waals surface area contributed by atoms with E-state index in [9.17, 15) is 4.79 Å². The minimum atomic E-state index is -0.138. The number of aryl methyl sites for hydroxylation is 1. The highest BCUT2D eigenvalue weighted by Gasteiger charge is 2.27. The second-order valence-corrected chi connectivity index (χ2v) is 8.67. The maximum absolute atomic E-state index is 13.4. The van der Waals surface area contributed by atoms with Gasteiger partial charge in [-0.1, -0.05) is 12.1 Å². The molecule has 1 aliphatic rings. The van der Waals surface area contributed by atoms with Crippen molar-refractivity contribution in [3.63, 3.8) is 0 Å². The van der Waals surface area contributed by atoms with Crippen molar-refractivity contribution in [2.24, 2.45) is 0 Å². The van der Waals surface area contributed by atoms with Gasteiger partial charge in [0.1, 0.15) is 10.8 Å². The summed E-state index contributed by atoms with van der Waals surface area (Å²) in [7, 11) is 6.38. The molecule has 0 fully saturated rings. The van der Waals surface area contributed by atoms with Crippen LogP contribution in [-0.2, 0) is 19.4 Å². The molecule has 1 aromatic heterocycles. The Morgan fingerprint density at radius 3 is 2.39 bits per heavy atom. The first-order valence-corrected chi connectivity index (χ1v) is 11.5. The minimum Gasteiger partial charge on any atom is -0.495 e. The second kappa shape index (κ2) is 10.0. The van der Waals surface area contributed by atoms with Crippen LogP contribution in [0.4, 0.5) is 10.7 Å². The normalized spacial score (nSPS) is 12.1. The zero-order valence-corrected chi connectivity index (χ0v) is 20.1. The Bertz CT molecular complexity index is 1160. The average molecular weight is 469 g/mol. The Morgan fingerprint density at radius 2 is 1.67 bits per heavy atom. The first-order valence-electron chi connectivity index (χ1n) is 10.7. The smallest absolute Gasteiger partial charge is 0.259 e. The van der Waals surface area contributed by atoms with E-state index >= 15 is 0 Å². The third-order valence-corrected chi connectivity index (χ3v) is 6.98. The van der Waals surface area contributed by atoms with Crippen LogP contribution in [0.15, 0.2) is 36.4 Å². The van der Waals surface area contributed by atoms with Crippen LogP contribution in [-0.4, -0.2) is 34.3 Å². The molecule has 2 aromatic carbocycles. The van der Waals surface area contributed by atoms with Crippen molar-refractivity contribution in [2.45, 2.75) is 25.8 Å². The molecule has 7 nitrogen and oxygen atoms in total. The number of hydrogen-bond donors (Lipinski definition) is 2. The number of methoxy groups -OCH3 is 4. The van der Waals surface area contributed by atoms with Crippen LogP contribution in [0.2, 0.25) is 0 Å². The van der Waals surface area contributed by atoms with Gasteiger partial charge in [0.2, 0.25) is 5.75 Å². The van der Waals surface area contributed by atoms with Gasteiger partial charge in [0, 0.05) is 17.0 Å². The van der Waals surface area contributed by atoms with E-state index in [-0.39, 0.29) is 5.91 Å². The maximum atomic E-state index is 13.4. The zero-order chi connectivity index (χ0) is 23.4. The van der Waals surface area contributed by atoms with Crippen LogP contribution in [0.3, 0.4) is 0 Å². The number of thiophene rings is 1. The fourth-order valence-electron chi connectivity index (χ4n) is 4.18. The molecule has 1 aliphatic carbocycles. The number of anilines is 2. The van der Waals surface area contributed by atoms with Gasteiger partial charge in [-0.3, -0.25) is 4.79 Å². The average Bonchev–Trinajstić information content (AvgIpc) is 3.43. The highest BCUT2D eigenvalue weighted by molar-refractivity contribution is 7.16. The van der Waals surface area contributed by atoms with Crippen molar-refractivity contribution >= 4 is 27.9 Å². The van der Waals surface area contributed by atoms with Crippen LogP contribution in [0.1, 0.15) is 32.8 Å². The topological polar surface area (TPSA) is 78.1 Å². The summed E-state index contributed by atoms with van der Waals surface area (Å²) < 4.78 is 21.9. The molecular weight excluding hydrogens is 440 g/mol. The largest absolute Gasteiger partial charge is 0.495 e. The van der Waals surface area contributed by atoms with Gasteiger partial charge in [-0.05, 0) is 49.1 Å². The van der Waals surface area contributed by atoms with E-state index in [4.69, 9.17) is 18.9 Å². The highest BCUT2D eigenvalue weighted by atomic mass is 32.1. The van der Waals surface area contributed by atoms with Gasteiger partial charge in [0.05, 0.1) is 39.7 Å². The zero-order valence-electron chi connectivity index (χ0n) is 19.2. The van der Waals surface area contributed by atoms with Crippen molar-refractivity contribution in [2.75, 3.05) is 39.1 Å². The molecule has 0 saturated heterocycles. The number of nitrogens with one attached hydrogen (secondary N) is 2. The maximum Gasteiger partial charge on any atom is 0.259 e. The molecule has 0 atom stereocenters. The molecule has 0 aliphatic heterocycles. The fraction of sp³-hybridized carbons (Fsp3) is 0.320. The number of benzene rings is 2. The number of para-hydroxylation sites is 2. The van der Waals surface area contributed by atoms with Crippen LogP contribution in [0.25, 0.3) is 0 Å². The van der Waals surface area contributed by atoms with Crippen molar-refractivity contribution in [1.29, 1.82) is 0 Å². The molecule has 174 valence electrons. The van der Waals surface area contributed by atoms with Gasteiger partial charge in [-0.25, -0.2) is 0 Å². The quantitative estimate of drug-likeness (QED) is 0.453. The number of hydrogen-bond acceptors (Lipinski definition) is 7. The minimum absolute atomic E-state index is 0.138. The third kappa shape index (κ3) is 4.43. The van der Waals surface area contributed by atoms with E-state index in [1.807, 2.05) is 36.4 Å².